The van der Waals surface area contributed by atoms with Crippen molar-refractivity contribution in [3.8, 4) is 5.75 Å². The molecule has 4 fully saturated rings. The molecule has 4 aliphatic carbocycles. The van der Waals surface area contributed by atoms with E-state index in [4.69, 9.17) is 15.3 Å². The van der Waals surface area contributed by atoms with Crippen molar-refractivity contribution in [3.05, 3.63) is 29.8 Å². The van der Waals surface area contributed by atoms with Crippen LogP contribution in [0.3, 0.4) is 0 Å². The van der Waals surface area contributed by atoms with E-state index in [1.165, 1.54) is 19.3 Å². The first-order chi connectivity index (χ1) is 11.6. The third-order valence-electron chi connectivity index (χ3n) is 6.08. The molecular weight excluding hydrogens is 304 g/mol. The van der Waals surface area contributed by atoms with E-state index in [-0.39, 0.29) is 17.2 Å². The van der Waals surface area contributed by atoms with Gasteiger partial charge in [-0.25, -0.2) is 4.79 Å². The molecular formula is C19H24N2O3. The number of nitrogens with zero attached hydrogens (tertiary/aromatic N) is 1. The smallest absolute Gasteiger partial charge is 0.341 e. The molecule has 0 atom stereocenters. The summed E-state index contributed by atoms with van der Waals surface area (Å²) in [4.78, 5) is 18.0. The van der Waals surface area contributed by atoms with Crippen molar-refractivity contribution in [1.29, 1.82) is 0 Å². The van der Waals surface area contributed by atoms with Crippen LogP contribution < -0.4 is 10.5 Å². The van der Waals surface area contributed by atoms with Gasteiger partial charge in [0.05, 0.1) is 12.5 Å². The van der Waals surface area contributed by atoms with Gasteiger partial charge in [-0.3, -0.25) is 0 Å². The van der Waals surface area contributed by atoms with E-state index in [9.17, 15) is 4.79 Å². The van der Waals surface area contributed by atoms with Gasteiger partial charge in [0.1, 0.15) is 5.75 Å². The molecule has 24 heavy (non-hydrogen) atoms. The summed E-state index contributed by atoms with van der Waals surface area (Å²) in [7, 11) is 1.61. The lowest BCUT2D eigenvalue weighted by Gasteiger charge is -2.54. The van der Waals surface area contributed by atoms with Crippen molar-refractivity contribution in [2.45, 2.75) is 38.5 Å². The minimum absolute atomic E-state index is 0.182. The number of benzene rings is 1. The van der Waals surface area contributed by atoms with Crippen LogP contribution in [0.4, 0.5) is 0 Å². The second-order valence-corrected chi connectivity index (χ2v) is 7.78. The molecule has 0 aromatic heterocycles. The standard InChI is InChI=1S/C19H24N2O3/c1-23-16-4-2-15(3-5-16)17(20)21-24-18(22)19-9-12-6-13(10-19)8-14(7-12)11-19/h2-5,12-14H,6-11H2,1H3,(H2,20,21). The molecule has 5 nitrogen and oxygen atoms in total. The predicted molar refractivity (Wildman–Crippen MR) is 90.4 cm³/mol. The van der Waals surface area contributed by atoms with E-state index in [0.717, 1.165) is 25.0 Å². The second-order valence-electron chi connectivity index (χ2n) is 7.78. The lowest BCUT2D eigenvalue weighted by molar-refractivity contribution is -0.171. The van der Waals surface area contributed by atoms with E-state index in [1.807, 2.05) is 0 Å². The minimum Gasteiger partial charge on any atom is -0.497 e. The highest BCUT2D eigenvalue weighted by molar-refractivity contribution is 5.97. The molecule has 4 aliphatic rings. The Labute approximate surface area is 142 Å². The number of amidine groups is 1. The quantitative estimate of drug-likeness (QED) is 0.399. The number of oxime groups is 1. The summed E-state index contributed by atoms with van der Waals surface area (Å²) in [5.74, 6) is 2.89. The number of ether oxygens (including phenoxy) is 1. The molecule has 128 valence electrons. The highest BCUT2D eigenvalue weighted by Gasteiger charge is 2.55. The zero-order chi connectivity index (χ0) is 16.7. The molecule has 2 N–H and O–H groups in total. The number of rotatable bonds is 4. The van der Waals surface area contributed by atoms with Gasteiger partial charge in [-0.15, -0.1) is 0 Å². The predicted octanol–water partition coefficient (Wildman–Crippen LogP) is 3.08. The van der Waals surface area contributed by atoms with Gasteiger partial charge in [0, 0.05) is 5.56 Å². The van der Waals surface area contributed by atoms with E-state index >= 15 is 0 Å². The molecule has 4 bridgehead atoms. The normalized spacial score (nSPS) is 34.2. The summed E-state index contributed by atoms with van der Waals surface area (Å²) in [6.45, 7) is 0. The van der Waals surface area contributed by atoms with Crippen LogP contribution in [0.2, 0.25) is 0 Å². The Morgan fingerprint density at radius 1 is 1.08 bits per heavy atom. The fourth-order valence-corrected chi connectivity index (χ4v) is 5.36. The molecule has 0 aliphatic heterocycles. The molecule has 0 radical (unpaired) electrons. The third kappa shape index (κ3) is 2.66. The largest absolute Gasteiger partial charge is 0.497 e. The molecule has 5 heteroatoms. The van der Waals surface area contributed by atoms with Crippen molar-refractivity contribution in [2.24, 2.45) is 34.1 Å². The van der Waals surface area contributed by atoms with Crippen LogP contribution in [0, 0.1) is 23.2 Å². The topological polar surface area (TPSA) is 73.9 Å². The first-order valence-electron chi connectivity index (χ1n) is 8.77. The molecule has 0 amide bonds. The fraction of sp³-hybridized carbons (Fsp3) is 0.579. The van der Waals surface area contributed by atoms with Gasteiger partial charge in [0.25, 0.3) is 0 Å². The summed E-state index contributed by atoms with van der Waals surface area (Å²) in [6.07, 6.45) is 6.79. The fourth-order valence-electron chi connectivity index (χ4n) is 5.36. The molecule has 0 unspecified atom stereocenters. The van der Waals surface area contributed by atoms with Gasteiger partial charge in [-0.2, -0.15) is 0 Å². The number of hydrogen-bond acceptors (Lipinski definition) is 4. The van der Waals surface area contributed by atoms with Crippen LogP contribution in [-0.2, 0) is 9.63 Å². The molecule has 1 aromatic carbocycles. The molecule has 0 saturated heterocycles. The first-order valence-corrected chi connectivity index (χ1v) is 8.77. The molecule has 5 rings (SSSR count). The van der Waals surface area contributed by atoms with Crippen molar-refractivity contribution in [2.75, 3.05) is 7.11 Å². The zero-order valence-corrected chi connectivity index (χ0v) is 14.0. The number of methoxy groups -OCH3 is 1. The van der Waals surface area contributed by atoms with Gasteiger partial charge in [0.15, 0.2) is 5.84 Å². The lowest BCUT2D eigenvalue weighted by atomic mass is 9.49. The second kappa shape index (κ2) is 5.80. The monoisotopic (exact) mass is 328 g/mol. The number of carbonyl (C=O) groups is 1. The Kier molecular flexibility index (Phi) is 3.74. The molecule has 0 spiro atoms. The summed E-state index contributed by atoms with van der Waals surface area (Å²) in [5.41, 5.74) is 6.37. The molecule has 0 heterocycles. The van der Waals surface area contributed by atoms with Crippen LogP contribution in [0.1, 0.15) is 44.1 Å². The van der Waals surface area contributed by atoms with Gasteiger partial charge >= 0.3 is 5.97 Å². The van der Waals surface area contributed by atoms with E-state index in [1.54, 1.807) is 31.4 Å². The molecule has 1 aromatic rings. The van der Waals surface area contributed by atoms with Crippen LogP contribution in [0.25, 0.3) is 0 Å². The van der Waals surface area contributed by atoms with Crippen molar-refractivity contribution < 1.29 is 14.4 Å². The van der Waals surface area contributed by atoms with Crippen molar-refractivity contribution in [1.82, 2.24) is 0 Å². The SMILES string of the molecule is COc1ccc(/C(N)=N\OC(=O)C23CC4CC(CC(C4)C2)C3)cc1. The van der Waals surface area contributed by atoms with E-state index in [0.29, 0.717) is 23.3 Å². The summed E-state index contributed by atoms with van der Waals surface area (Å²) in [5, 5.41) is 3.91. The van der Waals surface area contributed by atoms with Gasteiger partial charge < -0.3 is 15.3 Å². The third-order valence-corrected chi connectivity index (χ3v) is 6.08. The minimum atomic E-state index is -0.307. The highest BCUT2D eigenvalue weighted by Crippen LogP contribution is 2.60. The highest BCUT2D eigenvalue weighted by atomic mass is 16.7. The summed E-state index contributed by atoms with van der Waals surface area (Å²) in [6, 6.07) is 7.21. The van der Waals surface area contributed by atoms with Crippen LogP contribution in [-0.4, -0.2) is 18.9 Å². The Morgan fingerprint density at radius 2 is 1.62 bits per heavy atom. The summed E-state index contributed by atoms with van der Waals surface area (Å²) < 4.78 is 5.12. The van der Waals surface area contributed by atoms with Crippen LogP contribution in [0.15, 0.2) is 29.4 Å². The number of carbonyl (C=O) groups excluding carboxylic acids is 1. The lowest BCUT2D eigenvalue weighted by Crippen LogP contribution is -2.50. The Morgan fingerprint density at radius 3 is 2.12 bits per heavy atom. The maximum absolute atomic E-state index is 12.7. The van der Waals surface area contributed by atoms with Crippen molar-refractivity contribution >= 4 is 11.8 Å². The average molecular weight is 328 g/mol. The van der Waals surface area contributed by atoms with Gasteiger partial charge in [-0.05, 0) is 80.5 Å². The summed E-state index contributed by atoms with van der Waals surface area (Å²) >= 11 is 0. The Bertz CT molecular complexity index is 630. The maximum Gasteiger partial charge on any atom is 0.341 e. The van der Waals surface area contributed by atoms with E-state index in [2.05, 4.69) is 5.16 Å². The van der Waals surface area contributed by atoms with Gasteiger partial charge in [0.2, 0.25) is 0 Å². The molecule has 4 saturated carbocycles. The van der Waals surface area contributed by atoms with Crippen LogP contribution in [0.5, 0.6) is 5.75 Å². The maximum atomic E-state index is 12.7. The first kappa shape index (κ1) is 15.5. The van der Waals surface area contributed by atoms with Gasteiger partial charge in [-0.1, -0.05) is 5.16 Å². The number of nitrogens with two attached hydrogens (primary N) is 1. The Balaban J connectivity index is 1.45. The van der Waals surface area contributed by atoms with Crippen molar-refractivity contribution in [3.63, 3.8) is 0 Å². The van der Waals surface area contributed by atoms with Crippen LogP contribution >= 0.6 is 0 Å². The van der Waals surface area contributed by atoms with E-state index < -0.39 is 0 Å². The number of hydrogen-bond donors (Lipinski definition) is 1. The average Bonchev–Trinajstić information content (AvgIpc) is 2.58. The zero-order valence-electron chi connectivity index (χ0n) is 14.0. The Hall–Kier alpha value is -2.04.